The summed E-state index contributed by atoms with van der Waals surface area (Å²) in [5, 5.41) is 7.80. The normalized spacial score (nSPS) is 14.8. The Balaban J connectivity index is 1.33. The summed E-state index contributed by atoms with van der Waals surface area (Å²) >= 11 is 0. The van der Waals surface area contributed by atoms with Gasteiger partial charge in [-0.15, -0.1) is 0 Å². The third kappa shape index (κ3) is 5.22. The van der Waals surface area contributed by atoms with Crippen molar-refractivity contribution in [1.29, 1.82) is 0 Å². The highest BCUT2D eigenvalue weighted by molar-refractivity contribution is 5.86. The zero-order valence-corrected chi connectivity index (χ0v) is 15.0. The lowest BCUT2D eigenvalue weighted by molar-refractivity contribution is -0.129. The van der Waals surface area contributed by atoms with Crippen molar-refractivity contribution in [1.82, 2.24) is 10.6 Å². The smallest absolute Gasteiger partial charge is 0.239 e. The molecule has 0 spiro atoms. The van der Waals surface area contributed by atoms with Crippen LogP contribution in [0.3, 0.4) is 0 Å². The minimum atomic E-state index is -0.184. The lowest BCUT2D eigenvalue weighted by Crippen LogP contribution is -2.41. The van der Waals surface area contributed by atoms with E-state index in [1.165, 1.54) is 11.8 Å². The Morgan fingerprint density at radius 1 is 0.962 bits per heavy atom. The van der Waals surface area contributed by atoms with Crippen molar-refractivity contribution in [2.75, 3.05) is 19.7 Å². The van der Waals surface area contributed by atoms with Crippen LogP contribution in [0, 0.1) is 5.92 Å². The molecule has 0 unspecified atom stereocenters. The molecule has 5 nitrogen and oxygen atoms in total. The number of rotatable bonds is 7. The summed E-state index contributed by atoms with van der Waals surface area (Å²) in [4.78, 5) is 23.8. The molecule has 3 rings (SSSR count). The Morgan fingerprint density at radius 2 is 1.73 bits per heavy atom. The van der Waals surface area contributed by atoms with Gasteiger partial charge in [0.1, 0.15) is 12.4 Å². The fourth-order valence-electron chi connectivity index (χ4n) is 3.36. The van der Waals surface area contributed by atoms with Crippen molar-refractivity contribution < 1.29 is 14.3 Å². The third-order valence-corrected chi connectivity index (χ3v) is 4.81. The average Bonchev–Trinajstić information content (AvgIpc) is 2.70. The molecule has 0 bridgehead atoms. The van der Waals surface area contributed by atoms with Crippen molar-refractivity contribution in [3.8, 4) is 5.75 Å². The van der Waals surface area contributed by atoms with E-state index >= 15 is 0 Å². The average molecular weight is 354 g/mol. The van der Waals surface area contributed by atoms with Gasteiger partial charge in [-0.2, -0.15) is 0 Å². The summed E-state index contributed by atoms with van der Waals surface area (Å²) in [6.45, 7) is 0.830. The molecule has 0 radical (unpaired) electrons. The van der Waals surface area contributed by atoms with Gasteiger partial charge in [-0.25, -0.2) is 0 Å². The molecule has 26 heavy (non-hydrogen) atoms. The van der Waals surface area contributed by atoms with E-state index in [1.54, 1.807) is 0 Å². The highest BCUT2D eigenvalue weighted by Gasteiger charge is 2.21. The van der Waals surface area contributed by atoms with Crippen LogP contribution in [0.25, 0.3) is 10.8 Å². The van der Waals surface area contributed by atoms with Crippen LogP contribution in [0.5, 0.6) is 5.75 Å². The Kier molecular flexibility index (Phi) is 6.47. The molecule has 1 fully saturated rings. The van der Waals surface area contributed by atoms with Gasteiger partial charge in [0.05, 0.1) is 13.1 Å². The quantitative estimate of drug-likeness (QED) is 0.751. The van der Waals surface area contributed by atoms with Gasteiger partial charge in [0.2, 0.25) is 11.8 Å². The molecule has 2 N–H and O–H groups in total. The van der Waals surface area contributed by atoms with Gasteiger partial charge in [-0.3, -0.25) is 9.59 Å². The molecule has 0 aliphatic heterocycles. The first-order chi connectivity index (χ1) is 12.7. The second kappa shape index (κ2) is 9.22. The minimum absolute atomic E-state index is 0.00673. The van der Waals surface area contributed by atoms with Gasteiger partial charge in [0.25, 0.3) is 0 Å². The number of hydrogen-bond donors (Lipinski definition) is 2. The van der Waals surface area contributed by atoms with Crippen LogP contribution in [0.15, 0.2) is 42.5 Å². The van der Waals surface area contributed by atoms with Crippen LogP contribution in [0.4, 0.5) is 0 Å². The summed E-state index contributed by atoms with van der Waals surface area (Å²) in [7, 11) is 0. The van der Waals surface area contributed by atoms with E-state index in [1.807, 2.05) is 36.4 Å². The standard InChI is InChI=1S/C21H26N2O3/c24-20(15-23-21(25)17-7-2-1-3-8-17)22-12-13-26-19-11-10-16-6-4-5-9-18(16)14-19/h4-6,9-11,14,17H,1-3,7-8,12-13,15H2,(H,22,24)(H,23,25). The predicted molar refractivity (Wildman–Crippen MR) is 102 cm³/mol. The van der Waals surface area contributed by atoms with E-state index in [0.717, 1.165) is 36.8 Å². The maximum absolute atomic E-state index is 12.0. The topological polar surface area (TPSA) is 67.4 Å². The molecular formula is C21H26N2O3. The van der Waals surface area contributed by atoms with E-state index < -0.39 is 0 Å². The number of carbonyl (C=O) groups excluding carboxylic acids is 2. The zero-order chi connectivity index (χ0) is 18.2. The molecular weight excluding hydrogens is 328 g/mol. The molecule has 0 atom stereocenters. The summed E-state index contributed by atoms with van der Waals surface area (Å²) in [6.07, 6.45) is 5.30. The largest absolute Gasteiger partial charge is 0.492 e. The number of ether oxygens (including phenoxy) is 1. The molecule has 2 aromatic rings. The first-order valence-corrected chi connectivity index (χ1v) is 9.38. The molecule has 0 aromatic heterocycles. The van der Waals surface area contributed by atoms with E-state index in [9.17, 15) is 9.59 Å². The Labute approximate surface area is 154 Å². The molecule has 138 valence electrons. The van der Waals surface area contributed by atoms with Gasteiger partial charge in [-0.1, -0.05) is 49.6 Å². The molecule has 0 saturated heterocycles. The van der Waals surface area contributed by atoms with E-state index in [-0.39, 0.29) is 24.3 Å². The first kappa shape index (κ1) is 18.2. The van der Waals surface area contributed by atoms with Crippen LogP contribution in [-0.4, -0.2) is 31.5 Å². The maximum atomic E-state index is 12.0. The van der Waals surface area contributed by atoms with Crippen LogP contribution in [0.1, 0.15) is 32.1 Å². The van der Waals surface area contributed by atoms with Crippen molar-refractivity contribution in [3.05, 3.63) is 42.5 Å². The van der Waals surface area contributed by atoms with E-state index in [4.69, 9.17) is 4.74 Å². The lowest BCUT2D eigenvalue weighted by atomic mass is 9.89. The number of carbonyl (C=O) groups is 2. The summed E-state index contributed by atoms with van der Waals surface area (Å²) in [5.41, 5.74) is 0. The van der Waals surface area contributed by atoms with Gasteiger partial charge in [-0.05, 0) is 35.7 Å². The monoisotopic (exact) mass is 354 g/mol. The summed E-state index contributed by atoms with van der Waals surface area (Å²) in [5.74, 6) is 0.680. The second-order valence-corrected chi connectivity index (χ2v) is 6.76. The van der Waals surface area contributed by atoms with Crippen molar-refractivity contribution >= 4 is 22.6 Å². The van der Waals surface area contributed by atoms with Gasteiger partial charge in [0.15, 0.2) is 0 Å². The molecule has 2 amide bonds. The number of nitrogens with one attached hydrogen (secondary N) is 2. The number of hydrogen-bond acceptors (Lipinski definition) is 3. The summed E-state index contributed by atoms with van der Waals surface area (Å²) < 4.78 is 5.68. The lowest BCUT2D eigenvalue weighted by Gasteiger charge is -2.20. The fraction of sp³-hybridized carbons (Fsp3) is 0.429. The van der Waals surface area contributed by atoms with Crippen LogP contribution >= 0.6 is 0 Å². The fourth-order valence-corrected chi connectivity index (χ4v) is 3.36. The van der Waals surface area contributed by atoms with Crippen LogP contribution < -0.4 is 15.4 Å². The van der Waals surface area contributed by atoms with Gasteiger partial charge >= 0.3 is 0 Å². The van der Waals surface area contributed by atoms with Gasteiger partial charge < -0.3 is 15.4 Å². The summed E-state index contributed by atoms with van der Waals surface area (Å²) in [6, 6.07) is 14.0. The first-order valence-electron chi connectivity index (χ1n) is 9.38. The Morgan fingerprint density at radius 3 is 2.54 bits per heavy atom. The predicted octanol–water partition coefficient (Wildman–Crippen LogP) is 3.03. The molecule has 1 aliphatic rings. The van der Waals surface area contributed by atoms with Crippen molar-refractivity contribution in [3.63, 3.8) is 0 Å². The second-order valence-electron chi connectivity index (χ2n) is 6.76. The van der Waals surface area contributed by atoms with E-state index in [0.29, 0.717) is 13.2 Å². The molecule has 2 aromatic carbocycles. The minimum Gasteiger partial charge on any atom is -0.492 e. The highest BCUT2D eigenvalue weighted by Crippen LogP contribution is 2.23. The van der Waals surface area contributed by atoms with Crippen LogP contribution in [-0.2, 0) is 9.59 Å². The molecule has 1 saturated carbocycles. The van der Waals surface area contributed by atoms with Crippen LogP contribution in [0.2, 0.25) is 0 Å². The maximum Gasteiger partial charge on any atom is 0.239 e. The molecule has 0 heterocycles. The highest BCUT2D eigenvalue weighted by atomic mass is 16.5. The van der Waals surface area contributed by atoms with Crippen molar-refractivity contribution in [2.24, 2.45) is 5.92 Å². The Bertz CT molecular complexity index is 754. The molecule has 1 aliphatic carbocycles. The number of benzene rings is 2. The Hall–Kier alpha value is -2.56. The third-order valence-electron chi connectivity index (χ3n) is 4.81. The molecule has 5 heteroatoms. The van der Waals surface area contributed by atoms with Crippen molar-refractivity contribution in [2.45, 2.75) is 32.1 Å². The van der Waals surface area contributed by atoms with Gasteiger partial charge in [0, 0.05) is 5.92 Å². The number of amides is 2. The van der Waals surface area contributed by atoms with E-state index in [2.05, 4.69) is 16.7 Å². The SMILES string of the molecule is O=C(CNC(=O)C1CCCCC1)NCCOc1ccc2ccccc2c1. The zero-order valence-electron chi connectivity index (χ0n) is 15.0. The number of fused-ring (bicyclic) bond motifs is 1.